The quantitative estimate of drug-likeness (QED) is 0.740. The predicted molar refractivity (Wildman–Crippen MR) is 99.0 cm³/mol. The molecule has 128 valence electrons. The largest absolute Gasteiger partial charge is 0.345 e. The zero-order valence-corrected chi connectivity index (χ0v) is 14.9. The van der Waals surface area contributed by atoms with E-state index < -0.39 is 0 Å². The second kappa shape index (κ2) is 7.44. The number of nitrogens with one attached hydrogen (secondary N) is 2. The van der Waals surface area contributed by atoms with Gasteiger partial charge in [-0.25, -0.2) is 0 Å². The molecule has 1 amide bonds. The van der Waals surface area contributed by atoms with E-state index >= 15 is 0 Å². The molecule has 6 heteroatoms. The minimum atomic E-state index is -0.372. The van der Waals surface area contributed by atoms with Gasteiger partial charge in [-0.1, -0.05) is 6.07 Å². The molecule has 0 saturated carbocycles. The van der Waals surface area contributed by atoms with Crippen LogP contribution in [0.25, 0.3) is 0 Å². The molecule has 0 aliphatic carbocycles. The molecule has 3 heterocycles. The standard InChI is InChI=1S/C19H19N3O2S/c1-12-8-13(2)21-18(23)17(12)19(24)22-16(9-14-5-7-25-11-14)15-4-3-6-20-10-15/h3-8,10-11,16H,9H2,1-2H3,(H,21,23)(H,22,24)/t16-/m1/s1. The van der Waals surface area contributed by atoms with Crippen LogP contribution in [0.1, 0.15) is 38.8 Å². The molecule has 1 atom stereocenters. The molecular formula is C19H19N3O2S. The van der Waals surface area contributed by atoms with Gasteiger partial charge in [0.1, 0.15) is 5.56 Å². The van der Waals surface area contributed by atoms with Crippen LogP contribution in [0.2, 0.25) is 0 Å². The fourth-order valence-electron chi connectivity index (χ4n) is 2.85. The summed E-state index contributed by atoms with van der Waals surface area (Å²) in [4.78, 5) is 31.8. The van der Waals surface area contributed by atoms with Crippen LogP contribution < -0.4 is 10.9 Å². The van der Waals surface area contributed by atoms with Gasteiger partial charge in [0.05, 0.1) is 6.04 Å². The number of thiophene rings is 1. The second-order valence-electron chi connectivity index (χ2n) is 5.99. The Morgan fingerprint density at radius 1 is 1.36 bits per heavy atom. The lowest BCUT2D eigenvalue weighted by molar-refractivity contribution is 0.0934. The number of aryl methyl sites for hydroxylation is 2. The Kier molecular flexibility index (Phi) is 5.09. The van der Waals surface area contributed by atoms with Crippen LogP contribution in [0, 0.1) is 13.8 Å². The first-order valence-corrected chi connectivity index (χ1v) is 8.91. The minimum Gasteiger partial charge on any atom is -0.345 e. The topological polar surface area (TPSA) is 74.8 Å². The third-order valence-corrected chi connectivity index (χ3v) is 4.74. The summed E-state index contributed by atoms with van der Waals surface area (Å²) in [5.41, 5.74) is 3.23. The lowest BCUT2D eigenvalue weighted by Crippen LogP contribution is -2.34. The SMILES string of the molecule is Cc1cc(C)c(C(=O)N[C@H](Cc2ccsc2)c2cccnc2)c(=O)[nH]1. The summed E-state index contributed by atoms with van der Waals surface area (Å²) in [7, 11) is 0. The monoisotopic (exact) mass is 353 g/mol. The van der Waals surface area contributed by atoms with E-state index in [0.717, 1.165) is 16.8 Å². The number of H-pyrrole nitrogens is 1. The molecule has 0 aliphatic heterocycles. The van der Waals surface area contributed by atoms with Crippen molar-refractivity contribution in [1.82, 2.24) is 15.3 Å². The van der Waals surface area contributed by atoms with Gasteiger partial charge in [-0.15, -0.1) is 0 Å². The number of amides is 1. The van der Waals surface area contributed by atoms with Crippen LogP contribution in [0.4, 0.5) is 0 Å². The van der Waals surface area contributed by atoms with Crippen LogP contribution in [-0.4, -0.2) is 15.9 Å². The number of aromatic nitrogens is 2. The third-order valence-electron chi connectivity index (χ3n) is 4.00. The fourth-order valence-corrected chi connectivity index (χ4v) is 3.53. The molecule has 0 saturated heterocycles. The van der Waals surface area contributed by atoms with Crippen LogP contribution in [-0.2, 0) is 6.42 Å². The molecule has 3 aromatic rings. The molecule has 0 radical (unpaired) electrons. The van der Waals surface area contributed by atoms with E-state index in [1.54, 1.807) is 43.6 Å². The summed E-state index contributed by atoms with van der Waals surface area (Å²) in [6.45, 7) is 3.57. The number of aromatic amines is 1. The number of hydrogen-bond donors (Lipinski definition) is 2. The van der Waals surface area contributed by atoms with Crippen LogP contribution in [0.3, 0.4) is 0 Å². The van der Waals surface area contributed by atoms with E-state index in [1.165, 1.54) is 0 Å². The summed E-state index contributed by atoms with van der Waals surface area (Å²) in [6, 6.07) is 7.34. The third kappa shape index (κ3) is 4.03. The zero-order valence-electron chi connectivity index (χ0n) is 14.1. The first-order chi connectivity index (χ1) is 12.0. The molecule has 25 heavy (non-hydrogen) atoms. The van der Waals surface area contributed by atoms with Gasteiger partial charge in [-0.2, -0.15) is 11.3 Å². The van der Waals surface area contributed by atoms with Gasteiger partial charge in [0.2, 0.25) is 0 Å². The van der Waals surface area contributed by atoms with Crippen molar-refractivity contribution in [3.8, 4) is 0 Å². The Morgan fingerprint density at radius 3 is 2.84 bits per heavy atom. The van der Waals surface area contributed by atoms with E-state index in [4.69, 9.17) is 0 Å². The summed E-state index contributed by atoms with van der Waals surface area (Å²) in [5.74, 6) is -0.372. The number of pyridine rings is 2. The first-order valence-electron chi connectivity index (χ1n) is 7.97. The van der Waals surface area contributed by atoms with Gasteiger partial charge in [0.25, 0.3) is 11.5 Å². The molecule has 5 nitrogen and oxygen atoms in total. The summed E-state index contributed by atoms with van der Waals surface area (Å²) in [6.07, 6.45) is 4.08. The van der Waals surface area contributed by atoms with Crippen LogP contribution >= 0.6 is 11.3 Å². The number of rotatable bonds is 5. The Labute approximate surface area is 149 Å². The maximum atomic E-state index is 12.8. The first kappa shape index (κ1) is 17.1. The maximum Gasteiger partial charge on any atom is 0.261 e. The summed E-state index contributed by atoms with van der Waals surface area (Å²) < 4.78 is 0. The van der Waals surface area contributed by atoms with Gasteiger partial charge in [-0.3, -0.25) is 14.6 Å². The van der Waals surface area contributed by atoms with Crippen molar-refractivity contribution in [2.45, 2.75) is 26.3 Å². The van der Waals surface area contributed by atoms with Crippen molar-refractivity contribution in [1.29, 1.82) is 0 Å². The molecule has 0 aromatic carbocycles. The minimum absolute atomic E-state index is 0.157. The lowest BCUT2D eigenvalue weighted by Gasteiger charge is -2.19. The van der Waals surface area contributed by atoms with Gasteiger partial charge >= 0.3 is 0 Å². The van der Waals surface area contributed by atoms with E-state index in [0.29, 0.717) is 12.0 Å². The van der Waals surface area contributed by atoms with Crippen molar-refractivity contribution in [3.05, 3.63) is 85.7 Å². The van der Waals surface area contributed by atoms with Crippen molar-refractivity contribution < 1.29 is 4.79 Å². The molecule has 0 aliphatic rings. The highest BCUT2D eigenvalue weighted by atomic mass is 32.1. The molecular weight excluding hydrogens is 334 g/mol. The Morgan fingerprint density at radius 2 is 2.20 bits per heavy atom. The Balaban J connectivity index is 1.90. The lowest BCUT2D eigenvalue weighted by atomic mass is 10.0. The molecule has 0 bridgehead atoms. The van der Waals surface area contributed by atoms with Gasteiger partial charge in [0, 0.05) is 18.1 Å². The van der Waals surface area contributed by atoms with Crippen LogP contribution in [0.15, 0.2) is 52.2 Å². The molecule has 3 aromatic heterocycles. The van der Waals surface area contributed by atoms with Crippen LogP contribution in [0.5, 0.6) is 0 Å². The number of hydrogen-bond acceptors (Lipinski definition) is 4. The number of carbonyl (C=O) groups excluding carboxylic acids is 1. The molecule has 0 spiro atoms. The molecule has 0 fully saturated rings. The normalized spacial score (nSPS) is 11.9. The van der Waals surface area contributed by atoms with Crippen molar-refractivity contribution in [3.63, 3.8) is 0 Å². The molecule has 3 rings (SSSR count). The Bertz CT molecular complexity index is 918. The van der Waals surface area contributed by atoms with Crippen molar-refractivity contribution >= 4 is 17.2 Å². The van der Waals surface area contributed by atoms with Crippen molar-refractivity contribution in [2.75, 3.05) is 0 Å². The van der Waals surface area contributed by atoms with E-state index in [9.17, 15) is 9.59 Å². The average molecular weight is 353 g/mol. The summed E-state index contributed by atoms with van der Waals surface area (Å²) in [5, 5.41) is 7.06. The highest BCUT2D eigenvalue weighted by molar-refractivity contribution is 7.07. The Hall–Kier alpha value is -2.73. The van der Waals surface area contributed by atoms with E-state index in [2.05, 4.69) is 20.7 Å². The smallest absolute Gasteiger partial charge is 0.261 e. The van der Waals surface area contributed by atoms with E-state index in [1.807, 2.05) is 23.6 Å². The molecule has 2 N–H and O–H groups in total. The van der Waals surface area contributed by atoms with E-state index in [-0.39, 0.29) is 23.1 Å². The summed E-state index contributed by atoms with van der Waals surface area (Å²) >= 11 is 1.62. The number of carbonyl (C=O) groups is 1. The highest BCUT2D eigenvalue weighted by Crippen LogP contribution is 2.20. The van der Waals surface area contributed by atoms with Gasteiger partial charge in [0.15, 0.2) is 0 Å². The van der Waals surface area contributed by atoms with Crippen molar-refractivity contribution in [2.24, 2.45) is 0 Å². The maximum absolute atomic E-state index is 12.8. The zero-order chi connectivity index (χ0) is 17.8. The fraction of sp³-hybridized carbons (Fsp3) is 0.211. The molecule has 0 unspecified atom stereocenters. The van der Waals surface area contributed by atoms with Gasteiger partial charge < -0.3 is 10.3 Å². The van der Waals surface area contributed by atoms with Gasteiger partial charge in [-0.05, 0) is 65.9 Å². The highest BCUT2D eigenvalue weighted by Gasteiger charge is 2.20. The predicted octanol–water partition coefficient (Wildman–Crippen LogP) is 3.16. The average Bonchev–Trinajstić information content (AvgIpc) is 3.07. The second-order valence-corrected chi connectivity index (χ2v) is 6.77. The number of nitrogens with zero attached hydrogens (tertiary/aromatic N) is 1.